The van der Waals surface area contributed by atoms with Gasteiger partial charge in [-0.15, -0.1) is 0 Å². The van der Waals surface area contributed by atoms with Crippen molar-refractivity contribution in [1.29, 1.82) is 0 Å². The van der Waals surface area contributed by atoms with Crippen LogP contribution in [0.25, 0.3) is 10.9 Å². The molecule has 0 saturated heterocycles. The van der Waals surface area contributed by atoms with Crippen LogP contribution in [0.3, 0.4) is 0 Å². The number of benzene rings is 1. The molecule has 0 N–H and O–H groups in total. The fraction of sp³-hybridized carbons (Fsp3) is 0.176. The standard InChI is InChI=1S/C17H14ClN3O2/c18-15-5-4-13-2-1-7-21-17(13)14(15)10-23-16(22)6-3-12-8-19-11-20-9-12/h1-2,4-5,7-9,11H,3,6,10H2. The second kappa shape index (κ2) is 7.15. The Kier molecular flexibility index (Phi) is 4.78. The van der Waals surface area contributed by atoms with Crippen molar-refractivity contribution in [2.45, 2.75) is 19.4 Å². The number of halogens is 1. The normalized spacial score (nSPS) is 10.7. The first-order valence-corrected chi connectivity index (χ1v) is 7.53. The zero-order valence-corrected chi connectivity index (χ0v) is 13.0. The van der Waals surface area contributed by atoms with Crippen LogP contribution in [0, 0.1) is 0 Å². The Balaban J connectivity index is 1.64. The van der Waals surface area contributed by atoms with E-state index in [1.165, 1.54) is 6.33 Å². The third kappa shape index (κ3) is 3.81. The first-order valence-electron chi connectivity index (χ1n) is 7.15. The molecule has 3 rings (SSSR count). The van der Waals surface area contributed by atoms with Crippen LogP contribution in [0.5, 0.6) is 0 Å². The Labute approximate surface area is 138 Å². The second-order valence-corrected chi connectivity index (χ2v) is 5.42. The van der Waals surface area contributed by atoms with Crippen molar-refractivity contribution in [1.82, 2.24) is 15.0 Å². The van der Waals surface area contributed by atoms with E-state index in [9.17, 15) is 4.79 Å². The van der Waals surface area contributed by atoms with Gasteiger partial charge in [-0.1, -0.05) is 23.7 Å². The minimum Gasteiger partial charge on any atom is -0.461 e. The number of nitrogens with zero attached hydrogens (tertiary/aromatic N) is 3. The molecule has 0 aliphatic carbocycles. The Morgan fingerprint density at radius 3 is 2.83 bits per heavy atom. The van der Waals surface area contributed by atoms with Gasteiger partial charge in [0.25, 0.3) is 0 Å². The Hall–Kier alpha value is -2.53. The molecule has 0 bridgehead atoms. The summed E-state index contributed by atoms with van der Waals surface area (Å²) < 4.78 is 5.33. The third-order valence-electron chi connectivity index (χ3n) is 3.43. The molecule has 0 saturated carbocycles. The fourth-order valence-corrected chi connectivity index (χ4v) is 2.46. The smallest absolute Gasteiger partial charge is 0.306 e. The predicted molar refractivity (Wildman–Crippen MR) is 86.9 cm³/mol. The van der Waals surface area contributed by atoms with E-state index in [0.717, 1.165) is 22.0 Å². The number of aromatic nitrogens is 3. The van der Waals surface area contributed by atoms with Crippen LogP contribution in [0.1, 0.15) is 17.5 Å². The van der Waals surface area contributed by atoms with E-state index in [4.69, 9.17) is 16.3 Å². The average molecular weight is 328 g/mol. The fourth-order valence-electron chi connectivity index (χ4n) is 2.25. The molecule has 2 heterocycles. The van der Waals surface area contributed by atoms with Crippen LogP contribution in [0.15, 0.2) is 49.2 Å². The molecule has 0 fully saturated rings. The molecule has 0 atom stereocenters. The van der Waals surface area contributed by atoms with E-state index in [-0.39, 0.29) is 19.0 Å². The van der Waals surface area contributed by atoms with Gasteiger partial charge >= 0.3 is 5.97 Å². The van der Waals surface area contributed by atoms with Gasteiger partial charge in [0.05, 0.1) is 5.52 Å². The predicted octanol–water partition coefficient (Wildman–Crippen LogP) is 3.35. The zero-order chi connectivity index (χ0) is 16.1. The van der Waals surface area contributed by atoms with Crippen molar-refractivity contribution in [2.75, 3.05) is 0 Å². The van der Waals surface area contributed by atoms with Crippen molar-refractivity contribution in [3.05, 3.63) is 65.3 Å². The summed E-state index contributed by atoms with van der Waals surface area (Å²) in [4.78, 5) is 24.1. The van der Waals surface area contributed by atoms with Crippen LogP contribution in [0.4, 0.5) is 0 Å². The molecule has 0 spiro atoms. The van der Waals surface area contributed by atoms with Gasteiger partial charge in [0.2, 0.25) is 0 Å². The Morgan fingerprint density at radius 2 is 2.00 bits per heavy atom. The maximum absolute atomic E-state index is 11.9. The molecule has 0 amide bonds. The first kappa shape index (κ1) is 15.4. The lowest BCUT2D eigenvalue weighted by atomic mass is 10.1. The molecule has 5 nitrogen and oxygen atoms in total. The van der Waals surface area contributed by atoms with Crippen molar-refractivity contribution in [3.8, 4) is 0 Å². The minimum atomic E-state index is -0.294. The number of ether oxygens (including phenoxy) is 1. The maximum Gasteiger partial charge on any atom is 0.306 e. The van der Waals surface area contributed by atoms with Crippen molar-refractivity contribution in [3.63, 3.8) is 0 Å². The number of hydrogen-bond donors (Lipinski definition) is 0. The summed E-state index contributed by atoms with van der Waals surface area (Å²) in [5.41, 5.74) is 2.37. The number of fused-ring (bicyclic) bond motifs is 1. The van der Waals surface area contributed by atoms with Gasteiger partial charge in [0, 0.05) is 41.0 Å². The molecule has 0 unspecified atom stereocenters. The largest absolute Gasteiger partial charge is 0.461 e. The van der Waals surface area contributed by atoms with E-state index in [1.54, 1.807) is 24.7 Å². The van der Waals surface area contributed by atoms with E-state index in [2.05, 4.69) is 15.0 Å². The highest BCUT2D eigenvalue weighted by Crippen LogP contribution is 2.25. The molecule has 3 aromatic rings. The third-order valence-corrected chi connectivity index (χ3v) is 3.79. The number of aryl methyl sites for hydroxylation is 1. The second-order valence-electron chi connectivity index (χ2n) is 5.01. The number of pyridine rings is 1. The number of carbonyl (C=O) groups is 1. The van der Waals surface area contributed by atoms with Crippen molar-refractivity contribution < 1.29 is 9.53 Å². The topological polar surface area (TPSA) is 65.0 Å². The summed E-state index contributed by atoms with van der Waals surface area (Å²) in [5.74, 6) is -0.294. The highest BCUT2D eigenvalue weighted by Gasteiger charge is 2.11. The number of hydrogen-bond acceptors (Lipinski definition) is 5. The minimum absolute atomic E-state index is 0.108. The SMILES string of the molecule is O=C(CCc1cncnc1)OCc1c(Cl)ccc2cccnc12. The molecular weight excluding hydrogens is 314 g/mol. The molecule has 0 radical (unpaired) electrons. The molecule has 0 aliphatic heterocycles. The van der Waals surface area contributed by atoms with E-state index in [1.807, 2.05) is 18.2 Å². The summed E-state index contributed by atoms with van der Waals surface area (Å²) >= 11 is 6.21. The number of carbonyl (C=O) groups excluding carboxylic acids is 1. The van der Waals surface area contributed by atoms with Gasteiger partial charge in [-0.2, -0.15) is 0 Å². The summed E-state index contributed by atoms with van der Waals surface area (Å²) in [6, 6.07) is 7.48. The highest BCUT2D eigenvalue weighted by atomic mass is 35.5. The van der Waals surface area contributed by atoms with E-state index >= 15 is 0 Å². The van der Waals surface area contributed by atoms with Crippen molar-refractivity contribution in [2.24, 2.45) is 0 Å². The average Bonchev–Trinajstić information content (AvgIpc) is 2.60. The molecule has 23 heavy (non-hydrogen) atoms. The van der Waals surface area contributed by atoms with E-state index < -0.39 is 0 Å². The summed E-state index contributed by atoms with van der Waals surface area (Å²) in [6.07, 6.45) is 7.33. The van der Waals surface area contributed by atoms with Crippen LogP contribution >= 0.6 is 11.6 Å². The van der Waals surface area contributed by atoms with Crippen LogP contribution in [0.2, 0.25) is 5.02 Å². The van der Waals surface area contributed by atoms with Gasteiger partial charge in [-0.05, 0) is 24.1 Å². The van der Waals surface area contributed by atoms with Crippen molar-refractivity contribution >= 4 is 28.5 Å². The zero-order valence-electron chi connectivity index (χ0n) is 12.3. The van der Waals surface area contributed by atoms with Gasteiger partial charge < -0.3 is 4.74 Å². The number of esters is 1. The van der Waals surface area contributed by atoms with Crippen LogP contribution in [-0.2, 0) is 22.6 Å². The lowest BCUT2D eigenvalue weighted by Crippen LogP contribution is -2.07. The number of rotatable bonds is 5. The maximum atomic E-state index is 11.9. The van der Waals surface area contributed by atoms with E-state index in [0.29, 0.717) is 11.4 Å². The highest BCUT2D eigenvalue weighted by molar-refractivity contribution is 6.32. The summed E-state index contributed by atoms with van der Waals surface area (Å²) in [7, 11) is 0. The molecule has 2 aromatic heterocycles. The monoisotopic (exact) mass is 327 g/mol. The summed E-state index contributed by atoms with van der Waals surface area (Å²) in [6.45, 7) is 0.108. The van der Waals surface area contributed by atoms with Gasteiger partial charge in [0.1, 0.15) is 12.9 Å². The van der Waals surface area contributed by atoms with Gasteiger partial charge in [0.15, 0.2) is 0 Å². The molecule has 6 heteroatoms. The lowest BCUT2D eigenvalue weighted by molar-refractivity contribution is -0.144. The molecular formula is C17H14ClN3O2. The molecule has 1 aromatic carbocycles. The quantitative estimate of drug-likeness (QED) is 0.672. The Bertz CT molecular complexity index is 824. The van der Waals surface area contributed by atoms with Gasteiger partial charge in [-0.25, -0.2) is 9.97 Å². The molecule has 0 aliphatic rings. The molecule has 116 valence electrons. The van der Waals surface area contributed by atoms with Gasteiger partial charge in [-0.3, -0.25) is 9.78 Å². The summed E-state index contributed by atoms with van der Waals surface area (Å²) in [5, 5.41) is 1.50. The first-order chi connectivity index (χ1) is 11.2. The lowest BCUT2D eigenvalue weighted by Gasteiger charge is -2.09. The Morgan fingerprint density at radius 1 is 1.17 bits per heavy atom. The van der Waals surface area contributed by atoms with Crippen LogP contribution < -0.4 is 0 Å². The van der Waals surface area contributed by atoms with Crippen LogP contribution in [-0.4, -0.2) is 20.9 Å².